The highest BCUT2D eigenvalue weighted by Crippen LogP contribution is 2.36. The van der Waals surface area contributed by atoms with E-state index in [1.807, 2.05) is 26.0 Å². The van der Waals surface area contributed by atoms with E-state index in [0.29, 0.717) is 5.92 Å². The van der Waals surface area contributed by atoms with Crippen LogP contribution < -0.4 is 0 Å². The van der Waals surface area contributed by atoms with Crippen LogP contribution in [0.3, 0.4) is 0 Å². The number of hydrogen-bond donors (Lipinski definition) is 0. The summed E-state index contributed by atoms with van der Waals surface area (Å²) < 4.78 is 29.1. The first-order valence-electron chi connectivity index (χ1n) is 9.44. The van der Waals surface area contributed by atoms with Crippen molar-refractivity contribution in [3.05, 3.63) is 69.3 Å². The van der Waals surface area contributed by atoms with E-state index in [-0.39, 0.29) is 11.5 Å². The van der Waals surface area contributed by atoms with Gasteiger partial charge in [0.05, 0.1) is 5.56 Å². The molecule has 136 valence electrons. The SMILES string of the molecule is Cc1cc(C#Cc2c(F)cc(C3CCC(C)CC3)cc2F)cc(C)c1C. The van der Waals surface area contributed by atoms with Gasteiger partial charge in [-0.2, -0.15) is 0 Å². The first-order valence-corrected chi connectivity index (χ1v) is 9.44. The number of benzene rings is 2. The molecular weight excluding hydrogens is 326 g/mol. The average Bonchev–Trinajstić information content (AvgIpc) is 2.59. The zero-order valence-corrected chi connectivity index (χ0v) is 16.0. The number of hydrogen-bond acceptors (Lipinski definition) is 0. The summed E-state index contributed by atoms with van der Waals surface area (Å²) in [5, 5.41) is 0. The lowest BCUT2D eigenvalue weighted by atomic mass is 9.79. The highest BCUT2D eigenvalue weighted by Gasteiger charge is 2.22. The molecule has 1 aliphatic rings. The normalized spacial score (nSPS) is 19.8. The first-order chi connectivity index (χ1) is 12.3. The molecule has 0 heterocycles. The summed E-state index contributed by atoms with van der Waals surface area (Å²) >= 11 is 0. The molecule has 1 saturated carbocycles. The Balaban J connectivity index is 1.88. The molecule has 0 radical (unpaired) electrons. The molecule has 26 heavy (non-hydrogen) atoms. The molecule has 1 aliphatic carbocycles. The predicted molar refractivity (Wildman–Crippen MR) is 103 cm³/mol. The van der Waals surface area contributed by atoms with Crippen molar-refractivity contribution in [1.29, 1.82) is 0 Å². The predicted octanol–water partition coefficient (Wildman–Crippen LogP) is 6.58. The van der Waals surface area contributed by atoms with Crippen molar-refractivity contribution in [3.8, 4) is 11.8 Å². The summed E-state index contributed by atoms with van der Waals surface area (Å²) in [5.41, 5.74) is 4.93. The molecule has 0 saturated heterocycles. The molecule has 2 aromatic carbocycles. The van der Waals surface area contributed by atoms with Crippen molar-refractivity contribution in [2.45, 2.75) is 59.3 Å². The molecule has 2 heteroatoms. The van der Waals surface area contributed by atoms with E-state index in [1.165, 1.54) is 17.7 Å². The number of rotatable bonds is 1. The molecule has 0 atom stereocenters. The molecular formula is C24H26F2. The summed E-state index contributed by atoms with van der Waals surface area (Å²) in [5.74, 6) is 5.51. The largest absolute Gasteiger partial charge is 0.206 e. The molecule has 0 N–H and O–H groups in total. The third-order valence-corrected chi connectivity index (χ3v) is 5.81. The minimum Gasteiger partial charge on any atom is -0.206 e. The van der Waals surface area contributed by atoms with Crippen LogP contribution in [-0.2, 0) is 0 Å². The third kappa shape index (κ3) is 3.98. The fraction of sp³-hybridized carbons (Fsp3) is 0.417. The maximum Gasteiger partial charge on any atom is 0.142 e. The first kappa shape index (κ1) is 18.6. The molecule has 0 unspecified atom stereocenters. The maximum atomic E-state index is 14.5. The summed E-state index contributed by atoms with van der Waals surface area (Å²) in [7, 11) is 0. The Labute approximate surface area is 155 Å². The van der Waals surface area contributed by atoms with Gasteiger partial charge in [0, 0.05) is 5.56 Å². The van der Waals surface area contributed by atoms with E-state index in [1.54, 1.807) is 0 Å². The highest BCUT2D eigenvalue weighted by atomic mass is 19.1. The topological polar surface area (TPSA) is 0 Å². The van der Waals surface area contributed by atoms with Crippen LogP contribution in [0.1, 0.15) is 71.9 Å². The lowest BCUT2D eigenvalue weighted by Crippen LogP contribution is -2.11. The van der Waals surface area contributed by atoms with E-state index in [9.17, 15) is 8.78 Å². The van der Waals surface area contributed by atoms with Gasteiger partial charge in [-0.25, -0.2) is 8.78 Å². The Kier molecular flexibility index (Phi) is 5.47. The van der Waals surface area contributed by atoms with Crippen molar-refractivity contribution in [2.75, 3.05) is 0 Å². The van der Waals surface area contributed by atoms with Crippen molar-refractivity contribution in [3.63, 3.8) is 0 Å². The second-order valence-corrected chi connectivity index (χ2v) is 7.80. The second-order valence-electron chi connectivity index (χ2n) is 7.80. The van der Waals surface area contributed by atoms with Crippen LogP contribution in [0.15, 0.2) is 24.3 Å². The van der Waals surface area contributed by atoms with Crippen LogP contribution in [0.2, 0.25) is 0 Å². The number of aryl methyl sites for hydroxylation is 2. The van der Waals surface area contributed by atoms with Crippen molar-refractivity contribution >= 4 is 0 Å². The van der Waals surface area contributed by atoms with Crippen LogP contribution in [0.5, 0.6) is 0 Å². The molecule has 2 aromatic rings. The average molecular weight is 352 g/mol. The van der Waals surface area contributed by atoms with Crippen molar-refractivity contribution in [2.24, 2.45) is 5.92 Å². The standard InChI is InChI=1S/C24H26F2/c1-15-5-8-20(9-6-15)21-13-23(25)22(24(26)14-21)10-7-19-11-16(2)18(4)17(3)12-19/h11-15,20H,5-6,8-9H2,1-4H3. The second kappa shape index (κ2) is 7.62. The molecule has 0 nitrogen and oxygen atoms in total. The van der Waals surface area contributed by atoms with Crippen molar-refractivity contribution < 1.29 is 8.78 Å². The van der Waals surface area contributed by atoms with Gasteiger partial charge in [-0.05, 0) is 92.0 Å². The molecule has 3 rings (SSSR count). The summed E-state index contributed by atoms with van der Waals surface area (Å²) in [4.78, 5) is 0. The Bertz CT molecular complexity index is 829. The van der Waals surface area contributed by atoms with Crippen molar-refractivity contribution in [1.82, 2.24) is 0 Å². The summed E-state index contributed by atoms with van der Waals surface area (Å²) in [6.07, 6.45) is 4.27. The van der Waals surface area contributed by atoms with Gasteiger partial charge in [0.1, 0.15) is 11.6 Å². The Morgan fingerprint density at radius 3 is 1.88 bits per heavy atom. The fourth-order valence-electron chi connectivity index (χ4n) is 3.78. The van der Waals surface area contributed by atoms with Crippen LogP contribution in [0.25, 0.3) is 0 Å². The minimum atomic E-state index is -0.549. The van der Waals surface area contributed by atoms with E-state index in [0.717, 1.165) is 47.9 Å². The zero-order chi connectivity index (χ0) is 18.8. The van der Waals surface area contributed by atoms with Crippen LogP contribution in [0, 0.1) is 50.2 Å². The third-order valence-electron chi connectivity index (χ3n) is 5.81. The van der Waals surface area contributed by atoms with Gasteiger partial charge in [-0.1, -0.05) is 31.6 Å². The summed E-state index contributed by atoms with van der Waals surface area (Å²) in [6.45, 7) is 8.35. The molecule has 1 fully saturated rings. The van der Waals surface area contributed by atoms with Gasteiger partial charge in [0.2, 0.25) is 0 Å². The van der Waals surface area contributed by atoms with E-state index in [4.69, 9.17) is 0 Å². The molecule has 0 spiro atoms. The highest BCUT2D eigenvalue weighted by molar-refractivity contribution is 5.49. The van der Waals surface area contributed by atoms with Crippen LogP contribution >= 0.6 is 0 Å². The van der Waals surface area contributed by atoms with Crippen LogP contribution in [-0.4, -0.2) is 0 Å². The molecule has 0 bridgehead atoms. The van der Waals surface area contributed by atoms with Gasteiger partial charge < -0.3 is 0 Å². The van der Waals surface area contributed by atoms with Gasteiger partial charge in [0.15, 0.2) is 0 Å². The smallest absolute Gasteiger partial charge is 0.142 e. The number of halogens is 2. The summed E-state index contributed by atoms with van der Waals surface area (Å²) in [6, 6.07) is 6.89. The quantitative estimate of drug-likeness (QED) is 0.508. The lowest BCUT2D eigenvalue weighted by Gasteiger charge is -2.26. The molecule has 0 aromatic heterocycles. The monoisotopic (exact) mass is 352 g/mol. The lowest BCUT2D eigenvalue weighted by molar-refractivity contribution is 0.346. The van der Waals surface area contributed by atoms with Gasteiger partial charge in [-0.15, -0.1) is 0 Å². The zero-order valence-electron chi connectivity index (χ0n) is 16.0. The Hall–Kier alpha value is -2.14. The Morgan fingerprint density at radius 1 is 0.808 bits per heavy atom. The van der Waals surface area contributed by atoms with E-state index < -0.39 is 11.6 Å². The van der Waals surface area contributed by atoms with E-state index >= 15 is 0 Å². The fourth-order valence-corrected chi connectivity index (χ4v) is 3.78. The molecule has 0 amide bonds. The molecule has 0 aliphatic heterocycles. The van der Waals surface area contributed by atoms with Gasteiger partial charge in [-0.3, -0.25) is 0 Å². The van der Waals surface area contributed by atoms with Gasteiger partial charge >= 0.3 is 0 Å². The van der Waals surface area contributed by atoms with E-state index in [2.05, 4.69) is 25.7 Å². The maximum absolute atomic E-state index is 14.5. The van der Waals surface area contributed by atoms with Crippen LogP contribution in [0.4, 0.5) is 8.78 Å². The van der Waals surface area contributed by atoms with Gasteiger partial charge in [0.25, 0.3) is 0 Å². The Morgan fingerprint density at radius 2 is 1.35 bits per heavy atom. The minimum absolute atomic E-state index is 0.131.